The van der Waals surface area contributed by atoms with Gasteiger partial charge >= 0.3 is 6.01 Å². The number of hydrogen-bond acceptors (Lipinski definition) is 7. The third-order valence-corrected chi connectivity index (χ3v) is 6.57. The predicted octanol–water partition coefficient (Wildman–Crippen LogP) is 0.751. The molecule has 0 bridgehead atoms. The number of aryl methyl sites for hydroxylation is 1. The van der Waals surface area contributed by atoms with Crippen LogP contribution in [0.25, 0.3) is 5.69 Å². The van der Waals surface area contributed by atoms with Crippen LogP contribution >= 0.6 is 0 Å². The van der Waals surface area contributed by atoms with Gasteiger partial charge in [0.05, 0.1) is 5.69 Å². The van der Waals surface area contributed by atoms with E-state index in [1.54, 1.807) is 12.1 Å². The van der Waals surface area contributed by atoms with E-state index in [0.717, 1.165) is 32.4 Å². The van der Waals surface area contributed by atoms with Crippen molar-refractivity contribution in [3.63, 3.8) is 0 Å². The fourth-order valence-corrected chi connectivity index (χ4v) is 4.91. The zero-order valence-corrected chi connectivity index (χ0v) is 17.9. The number of hydrogen-bond donors (Lipinski definition) is 2. The molecule has 0 amide bonds. The van der Waals surface area contributed by atoms with E-state index < -0.39 is 29.9 Å². The van der Waals surface area contributed by atoms with Gasteiger partial charge in [0.1, 0.15) is 0 Å². The van der Waals surface area contributed by atoms with Gasteiger partial charge in [0.2, 0.25) is 0 Å². The second-order valence-electron chi connectivity index (χ2n) is 8.59. The van der Waals surface area contributed by atoms with E-state index in [9.17, 15) is 20.1 Å². The van der Waals surface area contributed by atoms with Crippen LogP contribution in [0.3, 0.4) is 0 Å². The summed E-state index contributed by atoms with van der Waals surface area (Å²) >= 11 is 0. The number of H-pyrrole nitrogens is 1. The number of aromatic hydroxyl groups is 1. The number of benzene rings is 1. The fourth-order valence-electron chi connectivity index (χ4n) is 4.91. The zero-order valence-electron chi connectivity index (χ0n) is 17.9. The first kappa shape index (κ1) is 20.8. The molecule has 0 radical (unpaired) electrons. The first-order chi connectivity index (χ1) is 15.5. The Morgan fingerprint density at radius 2 is 1.84 bits per heavy atom. The van der Waals surface area contributed by atoms with Gasteiger partial charge in [-0.05, 0) is 43.2 Å². The lowest BCUT2D eigenvalue weighted by molar-refractivity contribution is -0.537. The minimum absolute atomic E-state index is 0.0564. The monoisotopic (exact) mass is 438 g/mol. The second-order valence-corrected chi connectivity index (χ2v) is 8.59. The Morgan fingerprint density at radius 3 is 2.50 bits per heavy atom. The van der Waals surface area contributed by atoms with Crippen molar-refractivity contribution in [1.82, 2.24) is 14.8 Å². The maximum absolute atomic E-state index is 13.2. The van der Waals surface area contributed by atoms with E-state index in [4.69, 9.17) is 4.42 Å². The molecule has 2 N–H and O–H groups in total. The highest BCUT2D eigenvalue weighted by Gasteiger charge is 2.45. The molecule has 3 heterocycles. The van der Waals surface area contributed by atoms with Crippen molar-refractivity contribution in [3.05, 3.63) is 57.7 Å². The van der Waals surface area contributed by atoms with Crippen LogP contribution in [0, 0.1) is 0 Å². The van der Waals surface area contributed by atoms with Crippen molar-refractivity contribution in [1.29, 1.82) is 0 Å². The number of rotatable bonds is 6. The molecule has 1 saturated heterocycles. The Labute approximate surface area is 184 Å². The fraction of sp³-hybridized carbons (Fsp3) is 0.478. The van der Waals surface area contributed by atoms with Crippen LogP contribution in [0.5, 0.6) is 5.88 Å². The summed E-state index contributed by atoms with van der Waals surface area (Å²) < 4.78 is 7.08. The number of anilines is 1. The summed E-state index contributed by atoms with van der Waals surface area (Å²) in [6.07, 6.45) is 0.515. The summed E-state index contributed by atoms with van der Waals surface area (Å²) in [4.78, 5) is 19.2. The molecule has 170 valence electrons. The van der Waals surface area contributed by atoms with Crippen LogP contribution in [-0.2, 0) is 6.42 Å². The Kier molecular flexibility index (Phi) is 5.30. The van der Waals surface area contributed by atoms with Gasteiger partial charge in [-0.1, -0.05) is 31.5 Å². The number of para-hydroxylation sites is 1. The molecule has 9 nitrogen and oxygen atoms in total. The molecule has 2 aliphatic rings. The molecule has 0 spiro atoms. The number of nitrogens with zero attached hydrogens (tertiary/aromatic N) is 3. The van der Waals surface area contributed by atoms with E-state index in [2.05, 4.69) is 10.1 Å². The van der Waals surface area contributed by atoms with Crippen molar-refractivity contribution in [2.75, 3.05) is 18.0 Å². The average molecular weight is 438 g/mol. The number of nitrogens with one attached hydrogen (secondary N) is 1. The van der Waals surface area contributed by atoms with E-state index in [1.807, 2.05) is 30.0 Å². The topological polar surface area (TPSA) is 133 Å². The standard InChI is InChI=1S/C23H26N4O5/c1-2-8-14-15(22(31)27(25-14)13-9-4-3-5-10-13)16-18(28)17(19(16)29)20-21(30)24-23(32-20)26-11-6-7-12-26/h3-5,9-10,16-19,25,30H,2,6-8,11-12H2,1H3/q-2. The summed E-state index contributed by atoms with van der Waals surface area (Å²) in [5.74, 6) is -2.53. The maximum Gasteiger partial charge on any atom is 0.300 e. The van der Waals surface area contributed by atoms with Crippen molar-refractivity contribution >= 4 is 6.01 Å². The van der Waals surface area contributed by atoms with Gasteiger partial charge in [0, 0.05) is 24.3 Å². The van der Waals surface area contributed by atoms with Gasteiger partial charge in [-0.2, -0.15) is 4.98 Å². The summed E-state index contributed by atoms with van der Waals surface area (Å²) in [6.45, 7) is 3.50. The third kappa shape index (κ3) is 3.23. The quantitative estimate of drug-likeness (QED) is 0.580. The lowest BCUT2D eigenvalue weighted by Gasteiger charge is -2.59. The van der Waals surface area contributed by atoms with Gasteiger partial charge in [-0.3, -0.25) is 9.89 Å². The highest BCUT2D eigenvalue weighted by molar-refractivity contribution is 5.41. The van der Waals surface area contributed by atoms with Crippen molar-refractivity contribution < 1.29 is 19.7 Å². The Hall–Kier alpha value is -3.04. The lowest BCUT2D eigenvalue weighted by Crippen LogP contribution is -2.64. The van der Waals surface area contributed by atoms with Crippen LogP contribution in [-0.4, -0.2) is 45.2 Å². The minimum atomic E-state index is -1.40. The molecule has 3 aromatic rings. The third-order valence-electron chi connectivity index (χ3n) is 6.57. The number of oxazole rings is 1. The lowest BCUT2D eigenvalue weighted by atomic mass is 9.64. The molecule has 1 aliphatic heterocycles. The van der Waals surface area contributed by atoms with Gasteiger partial charge in [0.25, 0.3) is 11.4 Å². The molecule has 9 heteroatoms. The Bertz CT molecular complexity index is 1140. The molecule has 2 aromatic heterocycles. The molecule has 5 rings (SSSR count). The van der Waals surface area contributed by atoms with E-state index in [1.165, 1.54) is 4.68 Å². The molecule has 1 aliphatic carbocycles. The van der Waals surface area contributed by atoms with E-state index in [-0.39, 0.29) is 22.9 Å². The molecule has 2 atom stereocenters. The van der Waals surface area contributed by atoms with Crippen LogP contribution in [0.1, 0.15) is 55.0 Å². The minimum Gasteiger partial charge on any atom is -0.851 e. The molecule has 2 unspecified atom stereocenters. The number of aromatic amines is 1. The van der Waals surface area contributed by atoms with Crippen molar-refractivity contribution in [2.24, 2.45) is 0 Å². The summed E-state index contributed by atoms with van der Waals surface area (Å²) in [5.41, 5.74) is 1.14. The van der Waals surface area contributed by atoms with E-state index >= 15 is 0 Å². The second kappa shape index (κ2) is 8.14. The Morgan fingerprint density at radius 1 is 1.16 bits per heavy atom. The van der Waals surface area contributed by atoms with Crippen LogP contribution < -0.4 is 20.7 Å². The Balaban J connectivity index is 1.47. The summed E-state index contributed by atoms with van der Waals surface area (Å²) in [6, 6.07) is 9.31. The zero-order chi connectivity index (χ0) is 22.4. The van der Waals surface area contributed by atoms with Crippen LogP contribution in [0.4, 0.5) is 6.01 Å². The predicted molar refractivity (Wildman–Crippen MR) is 113 cm³/mol. The largest absolute Gasteiger partial charge is 0.851 e. The maximum atomic E-state index is 13.2. The van der Waals surface area contributed by atoms with Crippen LogP contribution in [0.2, 0.25) is 0 Å². The van der Waals surface area contributed by atoms with Gasteiger partial charge in [0.15, 0.2) is 5.76 Å². The normalized spacial score (nSPS) is 25.3. The first-order valence-corrected chi connectivity index (χ1v) is 11.2. The summed E-state index contributed by atoms with van der Waals surface area (Å²) in [7, 11) is 0. The van der Waals surface area contributed by atoms with Crippen LogP contribution in [0.15, 0.2) is 39.5 Å². The highest BCUT2D eigenvalue weighted by atomic mass is 16.4. The van der Waals surface area contributed by atoms with Crippen molar-refractivity contribution in [3.8, 4) is 11.6 Å². The van der Waals surface area contributed by atoms with Crippen molar-refractivity contribution in [2.45, 2.75) is 56.7 Å². The molecule has 32 heavy (non-hydrogen) atoms. The SMILES string of the molecule is CCCc1[nH]n(-c2ccccc2)c(=O)c1C1C([O-])C(c2oc(N3CCCC3)nc2O)C1[O-]. The summed E-state index contributed by atoms with van der Waals surface area (Å²) in [5, 5.41) is 39.8. The van der Waals surface area contributed by atoms with Gasteiger partial charge < -0.3 is 24.6 Å². The molecule has 1 saturated carbocycles. The van der Waals surface area contributed by atoms with Gasteiger partial charge in [-0.15, -0.1) is 12.2 Å². The number of aromatic nitrogens is 3. The average Bonchev–Trinajstić information content (AvgIpc) is 3.52. The molecule has 2 fully saturated rings. The van der Waals surface area contributed by atoms with Gasteiger partial charge in [-0.25, -0.2) is 4.68 Å². The molecule has 1 aromatic carbocycles. The first-order valence-electron chi connectivity index (χ1n) is 11.2. The smallest absolute Gasteiger partial charge is 0.300 e. The molecular formula is C23H26N4O5-2. The highest BCUT2D eigenvalue weighted by Crippen LogP contribution is 2.48. The molecular weight excluding hydrogens is 412 g/mol. The van der Waals surface area contributed by atoms with E-state index in [0.29, 0.717) is 17.8 Å².